The van der Waals surface area contributed by atoms with E-state index in [-0.39, 0.29) is 0 Å². The van der Waals surface area contributed by atoms with Gasteiger partial charge in [0.2, 0.25) is 0 Å². The third kappa shape index (κ3) is 2.79. The standard InChI is InChI=1S/C14H19BrO/c15-9-8-12-6-7-13(10-14(12)16)11-4-2-1-3-5-11/h6-7,10-11,16H,1-5,8-9H2. The van der Waals surface area contributed by atoms with Crippen molar-refractivity contribution in [3.8, 4) is 5.75 Å². The third-order valence-corrected chi connectivity index (χ3v) is 3.95. The highest BCUT2D eigenvalue weighted by molar-refractivity contribution is 9.09. The summed E-state index contributed by atoms with van der Waals surface area (Å²) in [6, 6.07) is 6.27. The lowest BCUT2D eigenvalue weighted by molar-refractivity contribution is 0.437. The Morgan fingerprint density at radius 2 is 1.94 bits per heavy atom. The minimum atomic E-state index is 0.475. The van der Waals surface area contributed by atoms with Crippen molar-refractivity contribution in [2.75, 3.05) is 5.33 Å². The van der Waals surface area contributed by atoms with E-state index in [1.54, 1.807) is 0 Å². The first-order chi connectivity index (χ1) is 7.81. The maximum Gasteiger partial charge on any atom is 0.119 e. The molecule has 0 spiro atoms. The Bertz CT molecular complexity index is 343. The van der Waals surface area contributed by atoms with Crippen molar-refractivity contribution in [2.45, 2.75) is 44.4 Å². The van der Waals surface area contributed by atoms with Gasteiger partial charge in [-0.1, -0.05) is 47.3 Å². The molecule has 0 unspecified atom stereocenters. The van der Waals surface area contributed by atoms with Crippen molar-refractivity contribution in [2.24, 2.45) is 0 Å². The van der Waals surface area contributed by atoms with Crippen LogP contribution in [0.25, 0.3) is 0 Å². The van der Waals surface area contributed by atoms with Crippen LogP contribution in [0.1, 0.15) is 49.1 Å². The summed E-state index contributed by atoms with van der Waals surface area (Å²) < 4.78 is 0. The van der Waals surface area contributed by atoms with E-state index in [9.17, 15) is 5.11 Å². The number of hydrogen-bond donors (Lipinski definition) is 1. The van der Waals surface area contributed by atoms with Crippen LogP contribution in [-0.4, -0.2) is 10.4 Å². The summed E-state index contributed by atoms with van der Waals surface area (Å²) in [6.45, 7) is 0. The molecule has 0 heterocycles. The van der Waals surface area contributed by atoms with E-state index in [0.29, 0.717) is 11.7 Å². The maximum atomic E-state index is 9.93. The van der Waals surface area contributed by atoms with E-state index < -0.39 is 0 Å². The van der Waals surface area contributed by atoms with Crippen LogP contribution in [0, 0.1) is 0 Å². The molecule has 0 bridgehead atoms. The van der Waals surface area contributed by atoms with Gasteiger partial charge in [-0.05, 0) is 42.4 Å². The molecular weight excluding hydrogens is 264 g/mol. The zero-order valence-corrected chi connectivity index (χ0v) is 11.2. The number of aryl methyl sites for hydroxylation is 1. The second-order valence-corrected chi connectivity index (χ2v) is 5.46. The lowest BCUT2D eigenvalue weighted by atomic mass is 9.83. The van der Waals surface area contributed by atoms with E-state index in [0.717, 1.165) is 17.3 Å². The van der Waals surface area contributed by atoms with Crippen molar-refractivity contribution >= 4 is 15.9 Å². The van der Waals surface area contributed by atoms with Gasteiger partial charge >= 0.3 is 0 Å². The van der Waals surface area contributed by atoms with Crippen molar-refractivity contribution in [1.82, 2.24) is 0 Å². The van der Waals surface area contributed by atoms with Crippen LogP contribution in [0.4, 0.5) is 0 Å². The minimum Gasteiger partial charge on any atom is -0.508 e. The van der Waals surface area contributed by atoms with Crippen LogP contribution >= 0.6 is 15.9 Å². The minimum absolute atomic E-state index is 0.475. The molecule has 1 saturated carbocycles. The van der Waals surface area contributed by atoms with Gasteiger partial charge in [0.05, 0.1) is 0 Å². The second kappa shape index (κ2) is 5.72. The highest BCUT2D eigenvalue weighted by Gasteiger charge is 2.16. The van der Waals surface area contributed by atoms with Crippen LogP contribution in [0.15, 0.2) is 18.2 Å². The van der Waals surface area contributed by atoms with Gasteiger partial charge in [0.1, 0.15) is 5.75 Å². The highest BCUT2D eigenvalue weighted by atomic mass is 79.9. The van der Waals surface area contributed by atoms with Crippen LogP contribution < -0.4 is 0 Å². The molecule has 0 aliphatic heterocycles. The summed E-state index contributed by atoms with van der Waals surface area (Å²) in [5.41, 5.74) is 2.38. The van der Waals surface area contributed by atoms with Gasteiger partial charge in [-0.2, -0.15) is 0 Å². The van der Waals surface area contributed by atoms with E-state index in [1.165, 1.54) is 37.7 Å². The van der Waals surface area contributed by atoms with Gasteiger partial charge in [-0.3, -0.25) is 0 Å². The quantitative estimate of drug-likeness (QED) is 0.816. The molecule has 16 heavy (non-hydrogen) atoms. The molecular formula is C14H19BrO. The molecule has 2 rings (SSSR count). The van der Waals surface area contributed by atoms with Gasteiger partial charge in [0, 0.05) is 5.33 Å². The molecule has 0 radical (unpaired) electrons. The predicted molar refractivity (Wildman–Crippen MR) is 71.4 cm³/mol. The van der Waals surface area contributed by atoms with E-state index in [1.807, 2.05) is 6.07 Å². The molecule has 1 nitrogen and oxygen atoms in total. The van der Waals surface area contributed by atoms with E-state index >= 15 is 0 Å². The first kappa shape index (κ1) is 12.0. The molecule has 0 saturated heterocycles. The normalized spacial score (nSPS) is 17.6. The Balaban J connectivity index is 2.13. The van der Waals surface area contributed by atoms with Crippen LogP contribution in [0.2, 0.25) is 0 Å². The first-order valence-electron chi connectivity index (χ1n) is 6.19. The SMILES string of the molecule is Oc1cc(C2CCCCC2)ccc1CCBr. The summed E-state index contributed by atoms with van der Waals surface area (Å²) in [7, 11) is 0. The number of benzene rings is 1. The van der Waals surface area contributed by atoms with Gasteiger partial charge < -0.3 is 5.11 Å². The van der Waals surface area contributed by atoms with E-state index in [2.05, 4.69) is 28.1 Å². The molecule has 0 atom stereocenters. The fraction of sp³-hybridized carbons (Fsp3) is 0.571. The second-order valence-electron chi connectivity index (χ2n) is 4.66. The summed E-state index contributed by atoms with van der Waals surface area (Å²) in [5, 5.41) is 10.8. The average Bonchev–Trinajstić information content (AvgIpc) is 2.33. The molecule has 1 aromatic rings. The Hall–Kier alpha value is -0.500. The molecule has 1 aromatic carbocycles. The molecule has 1 fully saturated rings. The smallest absolute Gasteiger partial charge is 0.119 e. The van der Waals surface area contributed by atoms with Crippen molar-refractivity contribution < 1.29 is 5.11 Å². The average molecular weight is 283 g/mol. The van der Waals surface area contributed by atoms with Gasteiger partial charge in [0.25, 0.3) is 0 Å². The summed E-state index contributed by atoms with van der Waals surface area (Å²) in [4.78, 5) is 0. The number of rotatable bonds is 3. The van der Waals surface area contributed by atoms with Crippen molar-refractivity contribution in [1.29, 1.82) is 0 Å². The van der Waals surface area contributed by atoms with Crippen LogP contribution in [0.5, 0.6) is 5.75 Å². The molecule has 2 heteroatoms. The van der Waals surface area contributed by atoms with Gasteiger partial charge in [0.15, 0.2) is 0 Å². The Morgan fingerprint density at radius 1 is 1.19 bits per heavy atom. The summed E-state index contributed by atoms with van der Waals surface area (Å²) in [5.74, 6) is 1.15. The van der Waals surface area contributed by atoms with Crippen molar-refractivity contribution in [3.05, 3.63) is 29.3 Å². The zero-order valence-electron chi connectivity index (χ0n) is 9.58. The fourth-order valence-electron chi connectivity index (χ4n) is 2.58. The zero-order chi connectivity index (χ0) is 11.4. The Labute approximate surface area is 106 Å². The van der Waals surface area contributed by atoms with Crippen LogP contribution in [0.3, 0.4) is 0 Å². The lowest BCUT2D eigenvalue weighted by Gasteiger charge is -2.22. The predicted octanol–water partition coefficient (Wildman–Crippen LogP) is 4.38. The van der Waals surface area contributed by atoms with Gasteiger partial charge in [-0.15, -0.1) is 0 Å². The lowest BCUT2D eigenvalue weighted by Crippen LogP contribution is -2.04. The molecule has 1 aliphatic carbocycles. The monoisotopic (exact) mass is 282 g/mol. The number of phenolic OH excluding ortho intramolecular Hbond substituents is 1. The Morgan fingerprint density at radius 3 is 2.56 bits per heavy atom. The van der Waals surface area contributed by atoms with E-state index in [4.69, 9.17) is 0 Å². The number of phenols is 1. The molecule has 0 aromatic heterocycles. The molecule has 0 amide bonds. The fourth-order valence-corrected chi connectivity index (χ4v) is 3.01. The summed E-state index contributed by atoms with van der Waals surface area (Å²) >= 11 is 3.40. The van der Waals surface area contributed by atoms with Crippen molar-refractivity contribution in [3.63, 3.8) is 0 Å². The van der Waals surface area contributed by atoms with Crippen LogP contribution in [-0.2, 0) is 6.42 Å². The summed E-state index contributed by atoms with van der Waals surface area (Å²) in [6.07, 6.45) is 7.54. The largest absolute Gasteiger partial charge is 0.508 e. The molecule has 1 aliphatic rings. The maximum absolute atomic E-state index is 9.93. The number of hydrogen-bond acceptors (Lipinski definition) is 1. The number of alkyl halides is 1. The first-order valence-corrected chi connectivity index (χ1v) is 7.31. The number of aromatic hydroxyl groups is 1. The molecule has 1 N–H and O–H groups in total. The third-order valence-electron chi connectivity index (χ3n) is 3.55. The molecule has 88 valence electrons. The van der Waals surface area contributed by atoms with Gasteiger partial charge in [-0.25, -0.2) is 0 Å². The number of halogens is 1. The Kier molecular flexibility index (Phi) is 4.28. The highest BCUT2D eigenvalue weighted by Crippen LogP contribution is 2.34. The topological polar surface area (TPSA) is 20.2 Å².